The summed E-state index contributed by atoms with van der Waals surface area (Å²) in [5, 5.41) is 5.71. The number of amides is 1. The van der Waals surface area contributed by atoms with Crippen LogP contribution in [0, 0.1) is 0 Å². The summed E-state index contributed by atoms with van der Waals surface area (Å²) >= 11 is 1.64. The lowest BCUT2D eigenvalue weighted by molar-refractivity contribution is 0.0764. The van der Waals surface area contributed by atoms with Gasteiger partial charge in [0.05, 0.1) is 12.8 Å². The molecule has 5 heteroatoms. The molecular formula is C17H18N2O2S. The lowest BCUT2D eigenvalue weighted by Gasteiger charge is -2.20. The Kier molecular flexibility index (Phi) is 5.91. The van der Waals surface area contributed by atoms with Gasteiger partial charge in [0, 0.05) is 17.0 Å². The van der Waals surface area contributed by atoms with E-state index in [1.807, 2.05) is 29.6 Å². The minimum atomic E-state index is -0.0106. The normalized spacial score (nSPS) is 10.6. The third-order valence-electron chi connectivity index (χ3n) is 3.03. The van der Waals surface area contributed by atoms with Crippen LogP contribution >= 0.6 is 11.3 Å². The topological polar surface area (TPSA) is 41.9 Å². The van der Waals surface area contributed by atoms with E-state index in [1.54, 1.807) is 40.7 Å². The predicted molar refractivity (Wildman–Crippen MR) is 90.3 cm³/mol. The van der Waals surface area contributed by atoms with Crippen LogP contribution in [0.4, 0.5) is 0 Å². The lowest BCUT2D eigenvalue weighted by Crippen LogP contribution is -2.30. The molecule has 4 nitrogen and oxygen atoms in total. The van der Waals surface area contributed by atoms with Gasteiger partial charge in [-0.1, -0.05) is 29.4 Å². The zero-order valence-electron chi connectivity index (χ0n) is 12.4. The first-order valence-corrected chi connectivity index (χ1v) is 7.71. The summed E-state index contributed by atoms with van der Waals surface area (Å²) in [7, 11) is 1.49. The molecule has 0 aliphatic heterocycles. The minimum absolute atomic E-state index is 0.0106. The van der Waals surface area contributed by atoms with Crippen molar-refractivity contribution < 1.29 is 9.63 Å². The van der Waals surface area contributed by atoms with Gasteiger partial charge in [-0.2, -0.15) is 0 Å². The summed E-state index contributed by atoms with van der Waals surface area (Å²) in [6, 6.07) is 11.3. The van der Waals surface area contributed by atoms with E-state index in [-0.39, 0.29) is 5.91 Å². The highest BCUT2D eigenvalue weighted by atomic mass is 32.1. The second-order valence-electron chi connectivity index (χ2n) is 4.59. The number of carbonyl (C=O) groups excluding carboxylic acids is 1. The summed E-state index contributed by atoms with van der Waals surface area (Å²) < 4.78 is 0. The molecule has 0 spiro atoms. The van der Waals surface area contributed by atoms with Crippen molar-refractivity contribution in [2.45, 2.75) is 6.54 Å². The molecule has 0 saturated carbocycles. The monoisotopic (exact) mass is 314 g/mol. The molecule has 0 saturated heterocycles. The van der Waals surface area contributed by atoms with Crippen molar-refractivity contribution in [1.29, 1.82) is 0 Å². The van der Waals surface area contributed by atoms with Crippen molar-refractivity contribution in [3.8, 4) is 0 Å². The molecule has 2 rings (SSSR count). The number of rotatable bonds is 7. The van der Waals surface area contributed by atoms with E-state index in [0.29, 0.717) is 18.7 Å². The highest BCUT2D eigenvalue weighted by Crippen LogP contribution is 2.15. The molecule has 0 aliphatic rings. The Bertz CT molecular complexity index is 633. The molecule has 0 N–H and O–H groups in total. The number of carbonyl (C=O) groups is 1. The molecule has 0 radical (unpaired) electrons. The van der Waals surface area contributed by atoms with Crippen molar-refractivity contribution >= 4 is 23.5 Å². The highest BCUT2D eigenvalue weighted by molar-refractivity contribution is 7.09. The molecule has 1 heterocycles. The first kappa shape index (κ1) is 16.0. The van der Waals surface area contributed by atoms with Crippen LogP contribution in [-0.2, 0) is 11.4 Å². The Morgan fingerprint density at radius 1 is 1.36 bits per heavy atom. The number of hydrogen-bond acceptors (Lipinski definition) is 4. The van der Waals surface area contributed by atoms with Gasteiger partial charge in [0.25, 0.3) is 5.91 Å². The van der Waals surface area contributed by atoms with Gasteiger partial charge in [0.15, 0.2) is 0 Å². The Balaban J connectivity index is 2.12. The Labute approximate surface area is 134 Å². The van der Waals surface area contributed by atoms with Crippen molar-refractivity contribution in [3.63, 3.8) is 0 Å². The van der Waals surface area contributed by atoms with Crippen molar-refractivity contribution in [1.82, 2.24) is 4.90 Å². The second kappa shape index (κ2) is 8.14. The summed E-state index contributed by atoms with van der Waals surface area (Å²) in [5.74, 6) is -0.0106. The van der Waals surface area contributed by atoms with E-state index in [4.69, 9.17) is 0 Å². The van der Waals surface area contributed by atoms with Gasteiger partial charge in [-0.15, -0.1) is 17.9 Å². The molecule has 0 aliphatic carbocycles. The fourth-order valence-corrected chi connectivity index (χ4v) is 2.69. The Morgan fingerprint density at radius 2 is 2.14 bits per heavy atom. The third kappa shape index (κ3) is 4.30. The summed E-state index contributed by atoms with van der Waals surface area (Å²) in [6.45, 7) is 4.84. The van der Waals surface area contributed by atoms with Gasteiger partial charge in [0.1, 0.15) is 7.11 Å². The van der Waals surface area contributed by atoms with Crippen LogP contribution in [0.2, 0.25) is 0 Å². The zero-order chi connectivity index (χ0) is 15.8. The van der Waals surface area contributed by atoms with Gasteiger partial charge in [0.2, 0.25) is 0 Å². The van der Waals surface area contributed by atoms with Gasteiger partial charge in [-0.3, -0.25) is 4.79 Å². The molecule has 1 amide bonds. The lowest BCUT2D eigenvalue weighted by atomic mass is 10.1. The number of nitrogens with zero attached hydrogens (tertiary/aromatic N) is 2. The average Bonchev–Trinajstić information content (AvgIpc) is 3.05. The SMILES string of the molecule is C=CCN(Cc1cccs1)C(=O)c1ccc(/C=N/OC)cc1. The van der Waals surface area contributed by atoms with E-state index in [1.165, 1.54) is 7.11 Å². The molecule has 0 atom stereocenters. The molecular weight excluding hydrogens is 296 g/mol. The Hall–Kier alpha value is -2.40. The van der Waals surface area contributed by atoms with Crippen molar-refractivity contribution in [3.05, 3.63) is 70.4 Å². The molecule has 0 bridgehead atoms. The van der Waals surface area contributed by atoms with Crippen molar-refractivity contribution in [2.24, 2.45) is 5.16 Å². The van der Waals surface area contributed by atoms with Crippen molar-refractivity contribution in [2.75, 3.05) is 13.7 Å². The van der Waals surface area contributed by atoms with E-state index in [0.717, 1.165) is 10.4 Å². The minimum Gasteiger partial charge on any atom is -0.399 e. The van der Waals surface area contributed by atoms with Crippen LogP contribution in [0.25, 0.3) is 0 Å². The molecule has 1 aromatic carbocycles. The zero-order valence-corrected chi connectivity index (χ0v) is 13.3. The quantitative estimate of drug-likeness (QED) is 0.445. The largest absolute Gasteiger partial charge is 0.399 e. The van der Waals surface area contributed by atoms with Gasteiger partial charge >= 0.3 is 0 Å². The molecule has 2 aromatic rings. The van der Waals surface area contributed by atoms with Gasteiger partial charge in [-0.05, 0) is 29.1 Å². The van der Waals surface area contributed by atoms with E-state index in [2.05, 4.69) is 16.6 Å². The molecule has 1 aromatic heterocycles. The van der Waals surface area contributed by atoms with Crippen LogP contribution in [0.15, 0.2) is 59.6 Å². The molecule has 114 valence electrons. The van der Waals surface area contributed by atoms with Crippen LogP contribution in [0.5, 0.6) is 0 Å². The van der Waals surface area contributed by atoms with E-state index in [9.17, 15) is 4.79 Å². The third-order valence-corrected chi connectivity index (χ3v) is 3.89. The van der Waals surface area contributed by atoms with E-state index < -0.39 is 0 Å². The number of oxime groups is 1. The first-order chi connectivity index (χ1) is 10.7. The van der Waals surface area contributed by atoms with Gasteiger partial charge < -0.3 is 9.74 Å². The second-order valence-corrected chi connectivity index (χ2v) is 5.63. The maximum absolute atomic E-state index is 12.6. The molecule has 22 heavy (non-hydrogen) atoms. The smallest absolute Gasteiger partial charge is 0.254 e. The summed E-state index contributed by atoms with van der Waals surface area (Å²) in [4.78, 5) is 20.2. The summed E-state index contributed by atoms with van der Waals surface area (Å²) in [6.07, 6.45) is 3.34. The molecule has 0 fully saturated rings. The van der Waals surface area contributed by atoms with Gasteiger partial charge in [-0.25, -0.2) is 0 Å². The Morgan fingerprint density at radius 3 is 2.73 bits per heavy atom. The standard InChI is InChI=1S/C17H18N2O2S/c1-3-10-19(13-16-5-4-11-22-16)17(20)15-8-6-14(7-9-15)12-18-21-2/h3-9,11-12H,1,10,13H2,2H3/b18-12+. The number of benzene rings is 1. The summed E-state index contributed by atoms with van der Waals surface area (Å²) in [5.41, 5.74) is 1.53. The average molecular weight is 314 g/mol. The van der Waals surface area contributed by atoms with Crippen LogP contribution in [0.1, 0.15) is 20.8 Å². The first-order valence-electron chi connectivity index (χ1n) is 6.83. The maximum Gasteiger partial charge on any atom is 0.254 e. The maximum atomic E-state index is 12.6. The van der Waals surface area contributed by atoms with Crippen LogP contribution in [-0.4, -0.2) is 30.7 Å². The highest BCUT2D eigenvalue weighted by Gasteiger charge is 2.15. The molecule has 0 unspecified atom stereocenters. The number of hydrogen-bond donors (Lipinski definition) is 0. The number of thiophene rings is 1. The van der Waals surface area contributed by atoms with Crippen LogP contribution < -0.4 is 0 Å². The fourth-order valence-electron chi connectivity index (χ4n) is 1.97. The fraction of sp³-hybridized carbons (Fsp3) is 0.176. The van der Waals surface area contributed by atoms with E-state index >= 15 is 0 Å². The predicted octanol–water partition coefficient (Wildman–Crippen LogP) is 3.56. The van der Waals surface area contributed by atoms with Crippen LogP contribution in [0.3, 0.4) is 0 Å².